The third kappa shape index (κ3) is 3.91. The van der Waals surface area contributed by atoms with E-state index in [-0.39, 0.29) is 17.4 Å². The lowest BCUT2D eigenvalue weighted by molar-refractivity contribution is -0.141. The largest absolute Gasteiger partial charge is 0.507 e. The maximum absolute atomic E-state index is 13.2. The van der Waals surface area contributed by atoms with Crippen molar-refractivity contribution >= 4 is 17.4 Å². The van der Waals surface area contributed by atoms with Crippen LogP contribution in [0.4, 0.5) is 0 Å². The van der Waals surface area contributed by atoms with Crippen molar-refractivity contribution < 1.29 is 14.7 Å². The summed E-state index contributed by atoms with van der Waals surface area (Å²) in [6.45, 7) is 6.09. The molecule has 0 aromatic heterocycles. The van der Waals surface area contributed by atoms with Gasteiger partial charge in [0.05, 0.1) is 11.6 Å². The summed E-state index contributed by atoms with van der Waals surface area (Å²) in [5, 5.41) is 11.3. The van der Waals surface area contributed by atoms with Gasteiger partial charge in [-0.2, -0.15) is 0 Å². The van der Waals surface area contributed by atoms with E-state index in [2.05, 4.69) is 6.92 Å². The number of hydrogen-bond donors (Lipinski definition) is 1. The second-order valence-corrected chi connectivity index (χ2v) is 8.89. The van der Waals surface area contributed by atoms with E-state index in [1.54, 1.807) is 4.90 Å². The number of benzene rings is 2. The van der Waals surface area contributed by atoms with Gasteiger partial charge in [-0.3, -0.25) is 9.59 Å². The van der Waals surface area contributed by atoms with Crippen molar-refractivity contribution in [1.82, 2.24) is 4.90 Å². The van der Waals surface area contributed by atoms with Gasteiger partial charge in [0.1, 0.15) is 5.76 Å². The minimum atomic E-state index is -0.578. The van der Waals surface area contributed by atoms with E-state index in [1.807, 2.05) is 56.3 Å². The van der Waals surface area contributed by atoms with E-state index in [4.69, 9.17) is 0 Å². The third-order valence-electron chi connectivity index (χ3n) is 6.93. The zero-order valence-electron chi connectivity index (χ0n) is 18.6. The fourth-order valence-corrected chi connectivity index (χ4v) is 4.89. The fraction of sp³-hybridized carbons (Fsp3) is 0.407. The average molecular weight is 418 g/mol. The van der Waals surface area contributed by atoms with Crippen molar-refractivity contribution in [2.24, 2.45) is 0 Å². The van der Waals surface area contributed by atoms with Crippen LogP contribution in [0.5, 0.6) is 0 Å². The van der Waals surface area contributed by atoms with Crippen LogP contribution in [0.15, 0.2) is 48.0 Å². The Bertz CT molecular complexity index is 1030. The number of carbonyl (C=O) groups excluding carboxylic acids is 2. The van der Waals surface area contributed by atoms with Gasteiger partial charge in [0, 0.05) is 11.6 Å². The number of aliphatic hydroxyl groups is 1. The molecular formula is C27H31NO3. The number of hydrogen-bond acceptors (Lipinski definition) is 3. The van der Waals surface area contributed by atoms with Gasteiger partial charge in [-0.15, -0.1) is 0 Å². The second-order valence-electron chi connectivity index (χ2n) is 8.89. The van der Waals surface area contributed by atoms with E-state index in [1.165, 1.54) is 12.0 Å². The predicted octanol–water partition coefficient (Wildman–Crippen LogP) is 5.62. The highest BCUT2D eigenvalue weighted by Crippen LogP contribution is 2.43. The van der Waals surface area contributed by atoms with Crippen LogP contribution in [0.3, 0.4) is 0 Å². The number of rotatable bonds is 4. The minimum Gasteiger partial charge on any atom is -0.507 e. The van der Waals surface area contributed by atoms with Gasteiger partial charge in [0.2, 0.25) is 0 Å². The number of aliphatic hydroxyl groups excluding tert-OH is 1. The smallest absolute Gasteiger partial charge is 0.295 e. The molecular weight excluding hydrogens is 386 g/mol. The molecule has 1 aliphatic carbocycles. The quantitative estimate of drug-likeness (QED) is 0.399. The van der Waals surface area contributed by atoms with Gasteiger partial charge < -0.3 is 10.0 Å². The molecule has 1 atom stereocenters. The van der Waals surface area contributed by atoms with Crippen LogP contribution in [0, 0.1) is 13.8 Å². The molecule has 2 aliphatic rings. The Hall–Kier alpha value is -2.88. The number of ketones is 1. The van der Waals surface area contributed by atoms with Crippen molar-refractivity contribution in [3.05, 3.63) is 75.9 Å². The molecule has 162 valence electrons. The lowest BCUT2D eigenvalue weighted by Crippen LogP contribution is -2.40. The van der Waals surface area contributed by atoms with Gasteiger partial charge in [0.25, 0.3) is 11.7 Å². The molecule has 2 fully saturated rings. The number of nitrogens with zero attached hydrogens (tertiary/aromatic N) is 1. The first-order valence-corrected chi connectivity index (χ1v) is 11.4. The first-order valence-electron chi connectivity index (χ1n) is 11.4. The van der Waals surface area contributed by atoms with E-state index in [9.17, 15) is 14.7 Å². The van der Waals surface area contributed by atoms with Crippen LogP contribution in [0.2, 0.25) is 0 Å². The molecule has 31 heavy (non-hydrogen) atoms. The standard InChI is InChI=1S/C27H31NO3/c1-4-19-11-14-20(15-12-19)24-23(25(29)21-13-10-17(2)18(3)16-21)26(30)27(31)28(24)22-8-6-5-7-9-22/h10-16,22,24,29H,4-9H2,1-3H3/b25-23-. The molecule has 0 radical (unpaired) electrons. The Morgan fingerprint density at radius 1 is 0.968 bits per heavy atom. The minimum absolute atomic E-state index is 0.0334. The van der Waals surface area contributed by atoms with Crippen molar-refractivity contribution in [2.45, 2.75) is 71.4 Å². The molecule has 4 heteroatoms. The Kier molecular flexibility index (Phi) is 5.99. The van der Waals surface area contributed by atoms with Crippen molar-refractivity contribution in [3.63, 3.8) is 0 Å². The van der Waals surface area contributed by atoms with Crippen molar-refractivity contribution in [2.75, 3.05) is 0 Å². The van der Waals surface area contributed by atoms with Crippen LogP contribution >= 0.6 is 0 Å². The Balaban J connectivity index is 1.87. The number of amides is 1. The summed E-state index contributed by atoms with van der Waals surface area (Å²) < 4.78 is 0. The zero-order valence-corrected chi connectivity index (χ0v) is 18.6. The summed E-state index contributed by atoms with van der Waals surface area (Å²) in [7, 11) is 0. The molecule has 1 amide bonds. The van der Waals surface area contributed by atoms with E-state index < -0.39 is 17.7 Å². The molecule has 1 saturated carbocycles. The normalized spacial score (nSPS) is 21.6. The summed E-state index contributed by atoms with van der Waals surface area (Å²) >= 11 is 0. The highest BCUT2D eigenvalue weighted by Gasteiger charge is 2.48. The highest BCUT2D eigenvalue weighted by molar-refractivity contribution is 6.46. The zero-order chi connectivity index (χ0) is 22.1. The maximum Gasteiger partial charge on any atom is 0.295 e. The van der Waals surface area contributed by atoms with Gasteiger partial charge >= 0.3 is 0 Å². The SMILES string of the molecule is CCc1ccc(C2/C(=C(/O)c3ccc(C)c(C)c3)C(=O)C(=O)N2C2CCCCC2)cc1. The molecule has 4 rings (SSSR count). The molecule has 1 unspecified atom stereocenters. The first kappa shape index (κ1) is 21.4. The lowest BCUT2D eigenvalue weighted by Gasteiger charge is -2.35. The first-order chi connectivity index (χ1) is 14.9. The van der Waals surface area contributed by atoms with Crippen molar-refractivity contribution in [1.29, 1.82) is 0 Å². The number of likely N-dealkylation sites (tertiary alicyclic amines) is 1. The summed E-state index contributed by atoms with van der Waals surface area (Å²) in [6.07, 6.45) is 6.02. The van der Waals surface area contributed by atoms with Crippen LogP contribution < -0.4 is 0 Å². The Morgan fingerprint density at radius 3 is 2.26 bits per heavy atom. The van der Waals surface area contributed by atoms with Crippen LogP contribution in [-0.4, -0.2) is 27.7 Å². The number of aryl methyl sites for hydroxylation is 3. The molecule has 4 nitrogen and oxygen atoms in total. The number of carbonyl (C=O) groups is 2. The highest BCUT2D eigenvalue weighted by atomic mass is 16.3. The Labute approximate surface area is 184 Å². The summed E-state index contributed by atoms with van der Waals surface area (Å²) in [4.78, 5) is 28.2. The molecule has 1 heterocycles. The average Bonchev–Trinajstić information content (AvgIpc) is 3.06. The molecule has 2 aromatic carbocycles. The van der Waals surface area contributed by atoms with Gasteiger partial charge in [-0.25, -0.2) is 0 Å². The van der Waals surface area contributed by atoms with Gasteiger partial charge in [-0.1, -0.05) is 62.6 Å². The van der Waals surface area contributed by atoms with Crippen molar-refractivity contribution in [3.8, 4) is 0 Å². The summed E-state index contributed by atoms with van der Waals surface area (Å²) in [5.41, 5.74) is 5.03. The lowest BCUT2D eigenvalue weighted by atomic mass is 9.90. The van der Waals surface area contributed by atoms with Gasteiger partial charge in [0.15, 0.2) is 0 Å². The van der Waals surface area contributed by atoms with E-state index in [0.717, 1.165) is 48.8 Å². The summed E-state index contributed by atoms with van der Waals surface area (Å²) in [6, 6.07) is 13.2. The molecule has 0 spiro atoms. The fourth-order valence-electron chi connectivity index (χ4n) is 4.89. The Morgan fingerprint density at radius 2 is 1.65 bits per heavy atom. The predicted molar refractivity (Wildman–Crippen MR) is 123 cm³/mol. The van der Waals surface area contributed by atoms with E-state index >= 15 is 0 Å². The second kappa shape index (κ2) is 8.70. The molecule has 1 N–H and O–H groups in total. The molecule has 1 aliphatic heterocycles. The van der Waals surface area contributed by atoms with Gasteiger partial charge in [-0.05, 0) is 61.4 Å². The molecule has 2 aromatic rings. The molecule has 1 saturated heterocycles. The monoisotopic (exact) mass is 417 g/mol. The third-order valence-corrected chi connectivity index (χ3v) is 6.93. The van der Waals surface area contributed by atoms with E-state index in [0.29, 0.717) is 5.56 Å². The maximum atomic E-state index is 13.2. The van der Waals surface area contributed by atoms with Crippen LogP contribution in [-0.2, 0) is 16.0 Å². The van der Waals surface area contributed by atoms with Crippen LogP contribution in [0.1, 0.15) is 72.9 Å². The van der Waals surface area contributed by atoms with Crippen LogP contribution in [0.25, 0.3) is 5.76 Å². The topological polar surface area (TPSA) is 57.6 Å². The molecule has 0 bridgehead atoms. The number of Topliss-reactive ketones (excluding diaryl/α,β-unsaturated/α-hetero) is 1. The summed E-state index contributed by atoms with van der Waals surface area (Å²) in [5.74, 6) is -1.14.